The molecule has 0 saturated heterocycles. The van der Waals surface area contributed by atoms with Crippen molar-refractivity contribution in [2.75, 3.05) is 19.4 Å². The highest BCUT2D eigenvalue weighted by Gasteiger charge is 2.10. The van der Waals surface area contributed by atoms with E-state index in [4.69, 9.17) is 4.74 Å². The monoisotopic (exact) mass is 288 g/mol. The average Bonchev–Trinajstić information content (AvgIpc) is 2.52. The SMILES string of the molecule is CSc1ncccc1C(=O)NCCOc1ccccc1. The average molecular weight is 288 g/mol. The molecule has 0 aliphatic heterocycles. The van der Waals surface area contributed by atoms with Crippen molar-refractivity contribution in [1.29, 1.82) is 0 Å². The molecular weight excluding hydrogens is 272 g/mol. The third-order valence-corrected chi connectivity index (χ3v) is 3.32. The highest BCUT2D eigenvalue weighted by atomic mass is 32.2. The molecule has 0 aliphatic rings. The Kier molecular flexibility index (Phi) is 5.43. The van der Waals surface area contributed by atoms with Gasteiger partial charge in [-0.05, 0) is 30.5 Å². The van der Waals surface area contributed by atoms with Crippen molar-refractivity contribution in [3.63, 3.8) is 0 Å². The van der Waals surface area contributed by atoms with Gasteiger partial charge in [-0.1, -0.05) is 18.2 Å². The summed E-state index contributed by atoms with van der Waals surface area (Å²) < 4.78 is 5.51. The van der Waals surface area contributed by atoms with Crippen LogP contribution in [0, 0.1) is 0 Å². The quantitative estimate of drug-likeness (QED) is 0.656. The molecule has 4 nitrogen and oxygen atoms in total. The minimum Gasteiger partial charge on any atom is -0.492 e. The Hall–Kier alpha value is -2.01. The van der Waals surface area contributed by atoms with Crippen molar-refractivity contribution in [2.24, 2.45) is 0 Å². The number of ether oxygens (including phenoxy) is 1. The van der Waals surface area contributed by atoms with Crippen LogP contribution < -0.4 is 10.1 Å². The number of amides is 1. The molecule has 2 aromatic rings. The number of nitrogens with zero attached hydrogens (tertiary/aromatic N) is 1. The molecule has 0 fully saturated rings. The second-order valence-corrected chi connectivity index (χ2v) is 4.77. The van der Waals surface area contributed by atoms with E-state index in [1.807, 2.05) is 36.6 Å². The van der Waals surface area contributed by atoms with Crippen LogP contribution in [0.2, 0.25) is 0 Å². The predicted molar refractivity (Wildman–Crippen MR) is 80.3 cm³/mol. The molecule has 1 aromatic carbocycles. The third-order valence-electron chi connectivity index (χ3n) is 2.61. The topological polar surface area (TPSA) is 51.2 Å². The summed E-state index contributed by atoms with van der Waals surface area (Å²) in [4.78, 5) is 16.2. The Morgan fingerprint density at radius 2 is 2.05 bits per heavy atom. The maximum Gasteiger partial charge on any atom is 0.254 e. The molecule has 1 aromatic heterocycles. The van der Waals surface area contributed by atoms with Crippen molar-refractivity contribution in [2.45, 2.75) is 5.03 Å². The van der Waals surface area contributed by atoms with E-state index in [0.29, 0.717) is 18.7 Å². The fourth-order valence-electron chi connectivity index (χ4n) is 1.67. The van der Waals surface area contributed by atoms with Gasteiger partial charge in [0.2, 0.25) is 0 Å². The molecule has 0 unspecified atom stereocenters. The molecule has 1 heterocycles. The van der Waals surface area contributed by atoms with Crippen molar-refractivity contribution >= 4 is 17.7 Å². The molecule has 0 spiro atoms. The number of aromatic nitrogens is 1. The van der Waals surface area contributed by atoms with Gasteiger partial charge in [0, 0.05) is 6.20 Å². The third kappa shape index (κ3) is 3.99. The van der Waals surface area contributed by atoms with E-state index >= 15 is 0 Å². The van der Waals surface area contributed by atoms with Crippen LogP contribution in [0.15, 0.2) is 53.7 Å². The maximum atomic E-state index is 12.0. The van der Waals surface area contributed by atoms with Crippen LogP contribution in [0.25, 0.3) is 0 Å². The number of para-hydroxylation sites is 1. The van der Waals surface area contributed by atoms with Crippen LogP contribution in [0.1, 0.15) is 10.4 Å². The number of nitrogens with one attached hydrogen (secondary N) is 1. The summed E-state index contributed by atoms with van der Waals surface area (Å²) >= 11 is 1.46. The van der Waals surface area contributed by atoms with E-state index in [1.165, 1.54) is 11.8 Å². The van der Waals surface area contributed by atoms with Crippen molar-refractivity contribution in [3.05, 3.63) is 54.2 Å². The summed E-state index contributed by atoms with van der Waals surface area (Å²) in [7, 11) is 0. The van der Waals surface area contributed by atoms with Gasteiger partial charge in [0.25, 0.3) is 5.91 Å². The lowest BCUT2D eigenvalue weighted by atomic mass is 10.2. The second-order valence-electron chi connectivity index (χ2n) is 3.98. The summed E-state index contributed by atoms with van der Waals surface area (Å²) in [6.07, 6.45) is 3.58. The van der Waals surface area contributed by atoms with Gasteiger partial charge in [0.05, 0.1) is 12.1 Å². The van der Waals surface area contributed by atoms with Gasteiger partial charge in [-0.15, -0.1) is 11.8 Å². The highest BCUT2D eigenvalue weighted by Crippen LogP contribution is 2.16. The van der Waals surface area contributed by atoms with E-state index in [1.54, 1.807) is 18.3 Å². The molecule has 104 valence electrons. The molecule has 0 bridgehead atoms. The molecule has 1 amide bonds. The highest BCUT2D eigenvalue weighted by molar-refractivity contribution is 7.98. The number of carbonyl (C=O) groups is 1. The Bertz CT molecular complexity index is 561. The number of carbonyl (C=O) groups excluding carboxylic acids is 1. The summed E-state index contributed by atoms with van der Waals surface area (Å²) in [5.41, 5.74) is 0.597. The van der Waals surface area contributed by atoms with Crippen LogP contribution >= 0.6 is 11.8 Å². The molecule has 5 heteroatoms. The van der Waals surface area contributed by atoms with E-state index in [-0.39, 0.29) is 5.91 Å². The number of rotatable bonds is 6. The van der Waals surface area contributed by atoms with Gasteiger partial charge in [0.1, 0.15) is 17.4 Å². The number of pyridine rings is 1. The van der Waals surface area contributed by atoms with Gasteiger partial charge in [-0.25, -0.2) is 4.98 Å². The first kappa shape index (κ1) is 14.4. The van der Waals surface area contributed by atoms with E-state index in [9.17, 15) is 4.79 Å². The smallest absolute Gasteiger partial charge is 0.254 e. The summed E-state index contributed by atoms with van der Waals surface area (Å²) in [5.74, 6) is 0.673. The summed E-state index contributed by atoms with van der Waals surface area (Å²) in [5, 5.41) is 3.56. The van der Waals surface area contributed by atoms with Crippen LogP contribution in [0.3, 0.4) is 0 Å². The number of hydrogen-bond donors (Lipinski definition) is 1. The number of benzene rings is 1. The van der Waals surface area contributed by atoms with Crippen LogP contribution in [-0.2, 0) is 0 Å². The van der Waals surface area contributed by atoms with Crippen molar-refractivity contribution < 1.29 is 9.53 Å². The van der Waals surface area contributed by atoms with Gasteiger partial charge >= 0.3 is 0 Å². The Morgan fingerprint density at radius 1 is 1.25 bits per heavy atom. The second kappa shape index (κ2) is 7.55. The Balaban J connectivity index is 1.81. The zero-order valence-corrected chi connectivity index (χ0v) is 12.0. The van der Waals surface area contributed by atoms with E-state index in [2.05, 4.69) is 10.3 Å². The van der Waals surface area contributed by atoms with Crippen LogP contribution in [0.4, 0.5) is 0 Å². The summed E-state index contributed by atoms with van der Waals surface area (Å²) in [6.45, 7) is 0.890. The molecule has 0 saturated carbocycles. The van der Waals surface area contributed by atoms with Crippen LogP contribution in [-0.4, -0.2) is 30.3 Å². The molecule has 0 radical (unpaired) electrons. The molecule has 1 N–H and O–H groups in total. The summed E-state index contributed by atoms with van der Waals surface area (Å²) in [6, 6.07) is 13.1. The first-order valence-electron chi connectivity index (χ1n) is 6.26. The van der Waals surface area contributed by atoms with Gasteiger partial charge < -0.3 is 10.1 Å². The lowest BCUT2D eigenvalue weighted by Gasteiger charge is -2.09. The molecular formula is C15H16N2O2S. The Morgan fingerprint density at radius 3 is 2.80 bits per heavy atom. The maximum absolute atomic E-state index is 12.0. The molecule has 2 rings (SSSR count). The standard InChI is InChI=1S/C15H16N2O2S/c1-20-15-13(8-5-9-17-15)14(18)16-10-11-19-12-6-3-2-4-7-12/h2-9H,10-11H2,1H3,(H,16,18). The Labute approximate surface area is 122 Å². The normalized spacial score (nSPS) is 10.1. The number of thioether (sulfide) groups is 1. The fraction of sp³-hybridized carbons (Fsp3) is 0.200. The molecule has 0 aliphatic carbocycles. The lowest BCUT2D eigenvalue weighted by Crippen LogP contribution is -2.28. The molecule has 20 heavy (non-hydrogen) atoms. The lowest BCUT2D eigenvalue weighted by molar-refractivity contribution is 0.0943. The van der Waals surface area contributed by atoms with Crippen molar-refractivity contribution in [3.8, 4) is 5.75 Å². The predicted octanol–water partition coefficient (Wildman–Crippen LogP) is 2.61. The van der Waals surface area contributed by atoms with Gasteiger partial charge in [0.15, 0.2) is 0 Å². The molecule has 0 atom stereocenters. The minimum absolute atomic E-state index is 0.126. The zero-order valence-electron chi connectivity index (χ0n) is 11.2. The van der Waals surface area contributed by atoms with Gasteiger partial charge in [-0.2, -0.15) is 0 Å². The fourth-order valence-corrected chi connectivity index (χ4v) is 2.22. The zero-order chi connectivity index (χ0) is 14.2. The minimum atomic E-state index is -0.126. The van der Waals surface area contributed by atoms with E-state index in [0.717, 1.165) is 10.8 Å². The van der Waals surface area contributed by atoms with Crippen LogP contribution in [0.5, 0.6) is 5.75 Å². The first-order chi connectivity index (χ1) is 9.81. The van der Waals surface area contributed by atoms with E-state index < -0.39 is 0 Å². The number of hydrogen-bond acceptors (Lipinski definition) is 4. The van der Waals surface area contributed by atoms with Gasteiger partial charge in [-0.3, -0.25) is 4.79 Å². The first-order valence-corrected chi connectivity index (χ1v) is 7.49. The largest absolute Gasteiger partial charge is 0.492 e. The van der Waals surface area contributed by atoms with Crippen molar-refractivity contribution in [1.82, 2.24) is 10.3 Å².